The first kappa shape index (κ1) is 17.4. The van der Waals surface area contributed by atoms with E-state index < -0.39 is 15.9 Å². The third-order valence-electron chi connectivity index (χ3n) is 4.38. The number of hydrogen-bond acceptors (Lipinski definition) is 5. The van der Waals surface area contributed by atoms with Gasteiger partial charge in [-0.25, -0.2) is 8.42 Å². The molecule has 134 valence electrons. The molecule has 2 aromatic heterocycles. The zero-order valence-corrected chi connectivity index (χ0v) is 15.5. The monoisotopic (exact) mass is 363 g/mol. The molecule has 25 heavy (non-hydrogen) atoms. The van der Waals surface area contributed by atoms with Gasteiger partial charge in [-0.2, -0.15) is 5.10 Å². The summed E-state index contributed by atoms with van der Waals surface area (Å²) < 4.78 is 29.8. The number of carbonyl (C=O) groups excluding carboxylic acids is 1. The molecule has 0 saturated carbocycles. The van der Waals surface area contributed by atoms with Crippen molar-refractivity contribution < 1.29 is 13.2 Å². The molecular formula is C16H21N5O3S. The maximum atomic E-state index is 13.4. The van der Waals surface area contributed by atoms with E-state index in [1.807, 2.05) is 6.92 Å². The fourth-order valence-corrected chi connectivity index (χ4v) is 5.01. The molecule has 0 aliphatic carbocycles. The Labute approximate surface area is 146 Å². The topological polar surface area (TPSA) is 97.2 Å². The van der Waals surface area contributed by atoms with Gasteiger partial charge in [-0.1, -0.05) is 6.92 Å². The van der Waals surface area contributed by atoms with Crippen molar-refractivity contribution in [1.82, 2.24) is 14.8 Å². The van der Waals surface area contributed by atoms with Crippen LogP contribution in [0.15, 0.2) is 23.4 Å². The molecule has 1 amide bonds. The number of nitrogens with zero attached hydrogens (tertiary/aromatic N) is 4. The molecule has 0 radical (unpaired) electrons. The number of sulfonamides is 1. The van der Waals surface area contributed by atoms with E-state index in [0.717, 1.165) is 0 Å². The quantitative estimate of drug-likeness (QED) is 0.895. The van der Waals surface area contributed by atoms with Crippen molar-refractivity contribution in [3.8, 4) is 0 Å². The van der Waals surface area contributed by atoms with Gasteiger partial charge in [0.05, 0.1) is 34.9 Å². The van der Waals surface area contributed by atoms with Gasteiger partial charge in [0.2, 0.25) is 5.91 Å². The number of aryl methyl sites for hydroxylation is 2. The fourth-order valence-electron chi connectivity index (χ4n) is 3.08. The van der Waals surface area contributed by atoms with E-state index in [9.17, 15) is 13.2 Å². The first-order valence-corrected chi connectivity index (χ1v) is 9.53. The lowest BCUT2D eigenvalue weighted by molar-refractivity contribution is -0.119. The summed E-state index contributed by atoms with van der Waals surface area (Å²) in [5.41, 5.74) is 1.83. The summed E-state index contributed by atoms with van der Waals surface area (Å²) in [6.45, 7) is 7.66. The number of rotatable bonds is 3. The highest BCUT2D eigenvalue weighted by molar-refractivity contribution is 7.93. The molecule has 1 N–H and O–H groups in total. The summed E-state index contributed by atoms with van der Waals surface area (Å²) in [4.78, 5) is 16.4. The Morgan fingerprint density at radius 2 is 2.08 bits per heavy atom. The minimum atomic E-state index is -3.89. The number of pyridine rings is 1. The molecule has 0 aromatic carbocycles. The predicted octanol–water partition coefficient (Wildman–Crippen LogP) is 1.70. The van der Waals surface area contributed by atoms with Crippen LogP contribution < -0.4 is 9.62 Å². The highest BCUT2D eigenvalue weighted by atomic mass is 32.2. The summed E-state index contributed by atoms with van der Waals surface area (Å²) in [5, 5.41) is 7.08. The van der Waals surface area contributed by atoms with Gasteiger partial charge in [0.1, 0.15) is 4.90 Å². The van der Waals surface area contributed by atoms with Crippen LogP contribution in [0.2, 0.25) is 0 Å². The van der Waals surface area contributed by atoms with Crippen molar-refractivity contribution in [2.75, 3.05) is 16.2 Å². The van der Waals surface area contributed by atoms with Crippen LogP contribution in [0, 0.1) is 19.8 Å². The van der Waals surface area contributed by atoms with Crippen LogP contribution >= 0.6 is 0 Å². The molecule has 0 bridgehead atoms. The largest absolute Gasteiger partial charge is 0.324 e. The van der Waals surface area contributed by atoms with Crippen molar-refractivity contribution in [3.05, 3.63) is 29.8 Å². The maximum Gasteiger partial charge on any atom is 0.268 e. The second-order valence-corrected chi connectivity index (χ2v) is 7.93. The Morgan fingerprint density at radius 3 is 2.72 bits per heavy atom. The van der Waals surface area contributed by atoms with Crippen molar-refractivity contribution in [1.29, 1.82) is 0 Å². The number of nitrogens with one attached hydrogen (secondary N) is 1. The van der Waals surface area contributed by atoms with Gasteiger partial charge in [0, 0.05) is 19.3 Å². The van der Waals surface area contributed by atoms with Crippen LogP contribution in [-0.2, 0) is 21.4 Å². The van der Waals surface area contributed by atoms with E-state index in [1.165, 1.54) is 16.7 Å². The smallest absolute Gasteiger partial charge is 0.268 e. The Kier molecular flexibility index (Phi) is 4.28. The molecule has 3 heterocycles. The van der Waals surface area contributed by atoms with Crippen molar-refractivity contribution in [2.24, 2.45) is 5.92 Å². The summed E-state index contributed by atoms with van der Waals surface area (Å²) in [6, 6.07) is 1.60. The molecule has 2 aromatic rings. The Hall–Kier alpha value is -2.42. The molecule has 1 aliphatic rings. The van der Waals surface area contributed by atoms with E-state index >= 15 is 0 Å². The van der Waals surface area contributed by atoms with E-state index in [-0.39, 0.29) is 17.3 Å². The first-order chi connectivity index (χ1) is 11.8. The van der Waals surface area contributed by atoms with Gasteiger partial charge in [-0.05, 0) is 26.8 Å². The molecular weight excluding hydrogens is 342 g/mol. The Bertz CT molecular complexity index is 935. The average Bonchev–Trinajstić information content (AvgIpc) is 2.79. The summed E-state index contributed by atoms with van der Waals surface area (Å²) in [7, 11) is -3.89. The molecule has 1 atom stereocenters. The van der Waals surface area contributed by atoms with E-state index in [2.05, 4.69) is 15.4 Å². The van der Waals surface area contributed by atoms with Crippen molar-refractivity contribution in [3.63, 3.8) is 0 Å². The van der Waals surface area contributed by atoms with Gasteiger partial charge < -0.3 is 5.32 Å². The Morgan fingerprint density at radius 1 is 1.36 bits per heavy atom. The molecule has 3 rings (SSSR count). The van der Waals surface area contributed by atoms with Gasteiger partial charge in [0.15, 0.2) is 0 Å². The van der Waals surface area contributed by atoms with Gasteiger partial charge >= 0.3 is 0 Å². The summed E-state index contributed by atoms with van der Waals surface area (Å²) in [5.74, 6) is -0.716. The summed E-state index contributed by atoms with van der Waals surface area (Å²) >= 11 is 0. The third-order valence-corrected chi connectivity index (χ3v) is 6.41. The first-order valence-electron chi connectivity index (χ1n) is 8.09. The van der Waals surface area contributed by atoms with Crippen LogP contribution in [0.1, 0.15) is 25.2 Å². The molecule has 1 unspecified atom stereocenters. The normalized spacial score (nSPS) is 17.8. The van der Waals surface area contributed by atoms with Gasteiger partial charge in [0.25, 0.3) is 10.0 Å². The number of amides is 1. The average molecular weight is 363 g/mol. The van der Waals surface area contributed by atoms with Crippen molar-refractivity contribution >= 4 is 27.3 Å². The zero-order valence-electron chi connectivity index (χ0n) is 14.6. The van der Waals surface area contributed by atoms with Crippen LogP contribution in [0.4, 0.5) is 11.4 Å². The summed E-state index contributed by atoms with van der Waals surface area (Å²) in [6.07, 6.45) is 2.98. The lowest BCUT2D eigenvalue weighted by Gasteiger charge is -2.24. The number of hydrogen-bond donors (Lipinski definition) is 1. The van der Waals surface area contributed by atoms with Crippen LogP contribution in [0.25, 0.3) is 0 Å². The van der Waals surface area contributed by atoms with Crippen molar-refractivity contribution in [2.45, 2.75) is 39.1 Å². The number of aromatic nitrogens is 3. The number of fused-ring (bicyclic) bond motifs is 1. The molecule has 9 heteroatoms. The molecule has 0 fully saturated rings. The second kappa shape index (κ2) is 6.14. The predicted molar refractivity (Wildman–Crippen MR) is 93.9 cm³/mol. The lowest BCUT2D eigenvalue weighted by Crippen LogP contribution is -2.36. The van der Waals surface area contributed by atoms with Crippen LogP contribution in [-0.4, -0.2) is 35.6 Å². The van der Waals surface area contributed by atoms with Crippen LogP contribution in [0.5, 0.6) is 0 Å². The minimum Gasteiger partial charge on any atom is -0.324 e. The fraction of sp³-hybridized carbons (Fsp3) is 0.438. The zero-order chi connectivity index (χ0) is 18.4. The van der Waals surface area contributed by atoms with Gasteiger partial charge in [-0.15, -0.1) is 0 Å². The SMILES string of the molecule is CCn1nc(C)c(S(=O)(=O)N2CC(C)C(=O)Nc3ccncc32)c1C. The molecule has 8 nitrogen and oxygen atoms in total. The minimum absolute atomic E-state index is 0.0447. The maximum absolute atomic E-state index is 13.4. The molecule has 0 saturated heterocycles. The van der Waals surface area contributed by atoms with E-state index in [4.69, 9.17) is 0 Å². The van der Waals surface area contributed by atoms with E-state index in [0.29, 0.717) is 29.3 Å². The van der Waals surface area contributed by atoms with E-state index in [1.54, 1.807) is 31.5 Å². The number of carbonyl (C=O) groups is 1. The Balaban J connectivity index is 2.20. The highest BCUT2D eigenvalue weighted by Gasteiger charge is 2.36. The molecule has 1 aliphatic heterocycles. The standard InChI is InChI=1S/C16H21N5O3S/c1-5-20-12(4)15(11(3)19-20)25(23,24)21-9-10(2)16(22)18-13-6-7-17-8-14(13)21/h6-8,10H,5,9H2,1-4H3,(H,18,22). The number of anilines is 2. The molecule has 0 spiro atoms. The highest BCUT2D eigenvalue weighted by Crippen LogP contribution is 2.35. The van der Waals surface area contributed by atoms with Gasteiger partial charge in [-0.3, -0.25) is 18.8 Å². The van der Waals surface area contributed by atoms with Crippen LogP contribution in [0.3, 0.4) is 0 Å². The second-order valence-electron chi connectivity index (χ2n) is 6.13. The third kappa shape index (κ3) is 2.78. The lowest BCUT2D eigenvalue weighted by atomic mass is 10.2.